The number of furan rings is 1. The lowest BCUT2D eigenvalue weighted by Crippen LogP contribution is -2.37. The van der Waals surface area contributed by atoms with Crippen LogP contribution in [0.1, 0.15) is 32.6 Å². The monoisotopic (exact) mass is 284 g/mol. The highest BCUT2D eigenvalue weighted by atomic mass is 16.6. The van der Waals surface area contributed by atoms with Crippen molar-refractivity contribution in [2.24, 2.45) is 0 Å². The summed E-state index contributed by atoms with van der Waals surface area (Å²) in [5, 5.41) is 10.5. The number of hydrogen-bond donors (Lipinski definition) is 0. The number of likely N-dealkylation sites (N-methyl/N-ethyl adjacent to an activating group) is 1. The lowest BCUT2D eigenvalue weighted by Gasteiger charge is -2.26. The van der Waals surface area contributed by atoms with Crippen LogP contribution in [-0.4, -0.2) is 34.9 Å². The first-order chi connectivity index (χ1) is 9.15. The highest BCUT2D eigenvalue weighted by Crippen LogP contribution is 2.25. The molecule has 8 heteroatoms. The number of hydrogen-bond acceptors (Lipinski definition) is 6. The average Bonchev–Trinajstić information content (AvgIpc) is 2.77. The first-order valence-corrected chi connectivity index (χ1v) is 5.81. The van der Waals surface area contributed by atoms with E-state index in [-0.39, 0.29) is 5.76 Å². The molecule has 0 aromatic carbocycles. The van der Waals surface area contributed by atoms with Crippen LogP contribution in [0.25, 0.3) is 0 Å². The Morgan fingerprint density at radius 1 is 1.50 bits per heavy atom. The zero-order chi connectivity index (χ0) is 15.5. The van der Waals surface area contributed by atoms with E-state index < -0.39 is 28.5 Å². The van der Waals surface area contributed by atoms with Gasteiger partial charge in [-0.3, -0.25) is 15.0 Å². The molecular weight excluding hydrogens is 268 g/mol. The smallest absolute Gasteiger partial charge is 0.433 e. The van der Waals surface area contributed by atoms with E-state index in [2.05, 4.69) is 0 Å². The lowest BCUT2D eigenvalue weighted by molar-refractivity contribution is -0.402. The Balaban J connectivity index is 2.91. The average molecular weight is 284 g/mol. The molecule has 0 spiro atoms. The summed E-state index contributed by atoms with van der Waals surface area (Å²) in [6.45, 7) is 5.06. The van der Waals surface area contributed by atoms with Gasteiger partial charge in [-0.15, -0.1) is 0 Å². The molecular formula is C12H16N2O6. The summed E-state index contributed by atoms with van der Waals surface area (Å²) in [5.41, 5.74) is -0.714. The Kier molecular flexibility index (Phi) is 4.49. The summed E-state index contributed by atoms with van der Waals surface area (Å²) in [5.74, 6) is -0.496. The van der Waals surface area contributed by atoms with Gasteiger partial charge in [0.15, 0.2) is 0 Å². The van der Waals surface area contributed by atoms with Crippen LogP contribution < -0.4 is 0 Å². The third-order valence-corrected chi connectivity index (χ3v) is 2.31. The normalized spacial score (nSPS) is 12.6. The quantitative estimate of drug-likeness (QED) is 0.477. The van der Waals surface area contributed by atoms with Gasteiger partial charge >= 0.3 is 12.0 Å². The van der Waals surface area contributed by atoms with E-state index >= 15 is 0 Å². The van der Waals surface area contributed by atoms with Gasteiger partial charge in [0.05, 0.1) is 6.07 Å². The number of rotatable bonds is 4. The molecule has 8 nitrogen and oxygen atoms in total. The number of nitro groups is 1. The van der Waals surface area contributed by atoms with Gasteiger partial charge in [-0.25, -0.2) is 4.79 Å². The summed E-state index contributed by atoms with van der Waals surface area (Å²) in [4.78, 5) is 33.8. The Morgan fingerprint density at radius 3 is 2.50 bits per heavy atom. The number of nitrogens with zero attached hydrogens (tertiary/aromatic N) is 2. The second-order valence-electron chi connectivity index (χ2n) is 5.11. The highest BCUT2D eigenvalue weighted by Gasteiger charge is 2.29. The minimum Gasteiger partial charge on any atom is -0.444 e. The van der Waals surface area contributed by atoms with Crippen molar-refractivity contribution in [1.29, 1.82) is 0 Å². The molecule has 110 valence electrons. The maximum absolute atomic E-state index is 11.8. The van der Waals surface area contributed by atoms with Crippen molar-refractivity contribution in [2.75, 3.05) is 7.05 Å². The van der Waals surface area contributed by atoms with Gasteiger partial charge in [-0.2, -0.15) is 0 Å². The molecule has 20 heavy (non-hydrogen) atoms. The molecule has 1 heterocycles. The number of aldehydes is 1. The topological polar surface area (TPSA) is 103 Å². The van der Waals surface area contributed by atoms with Crippen molar-refractivity contribution in [3.8, 4) is 0 Å². The van der Waals surface area contributed by atoms with Crippen molar-refractivity contribution < 1.29 is 23.7 Å². The molecule has 0 bridgehead atoms. The first kappa shape index (κ1) is 15.7. The molecule has 1 aromatic heterocycles. The van der Waals surface area contributed by atoms with E-state index in [0.29, 0.717) is 6.29 Å². The summed E-state index contributed by atoms with van der Waals surface area (Å²) >= 11 is 0. The van der Waals surface area contributed by atoms with Gasteiger partial charge in [-0.05, 0) is 26.8 Å². The van der Waals surface area contributed by atoms with Crippen molar-refractivity contribution in [2.45, 2.75) is 32.4 Å². The van der Waals surface area contributed by atoms with Gasteiger partial charge in [0.25, 0.3) is 0 Å². The minimum absolute atomic E-state index is 0.0000548. The van der Waals surface area contributed by atoms with Gasteiger partial charge in [0, 0.05) is 7.05 Å². The lowest BCUT2D eigenvalue weighted by atomic mass is 10.2. The summed E-state index contributed by atoms with van der Waals surface area (Å²) in [6.07, 6.45) is -0.277. The molecule has 1 unspecified atom stereocenters. The SMILES string of the molecule is CN(C(=O)OC(C)(C)C)C(C=O)c1ccc([N+](=O)[O-])o1. The largest absolute Gasteiger partial charge is 0.444 e. The van der Waals surface area contributed by atoms with E-state index in [1.54, 1.807) is 20.8 Å². The third kappa shape index (κ3) is 3.81. The highest BCUT2D eigenvalue weighted by molar-refractivity contribution is 5.74. The standard InChI is InChI=1S/C12H16N2O6/c1-12(2,3)20-11(16)13(4)8(7-15)9-5-6-10(19-9)14(17)18/h5-8H,1-4H3. The minimum atomic E-state index is -1.08. The van der Waals surface area contributed by atoms with Crippen LogP contribution in [0.2, 0.25) is 0 Å². The van der Waals surface area contributed by atoms with E-state index in [0.717, 1.165) is 11.0 Å². The molecule has 1 amide bonds. The van der Waals surface area contributed by atoms with E-state index in [9.17, 15) is 19.7 Å². The molecule has 1 rings (SSSR count). The predicted molar refractivity (Wildman–Crippen MR) is 68.2 cm³/mol. The fourth-order valence-electron chi connectivity index (χ4n) is 1.40. The molecule has 0 aliphatic rings. The third-order valence-electron chi connectivity index (χ3n) is 2.31. The van der Waals surface area contributed by atoms with Crippen molar-refractivity contribution >= 4 is 18.3 Å². The number of amides is 1. The van der Waals surface area contributed by atoms with Crippen LogP contribution in [0.4, 0.5) is 10.7 Å². The Bertz CT molecular complexity index is 516. The van der Waals surface area contributed by atoms with Crippen LogP contribution >= 0.6 is 0 Å². The molecule has 0 aliphatic heterocycles. The van der Waals surface area contributed by atoms with Gasteiger partial charge in [0.2, 0.25) is 0 Å². The van der Waals surface area contributed by atoms with Crippen LogP contribution in [0.5, 0.6) is 0 Å². The van der Waals surface area contributed by atoms with Crippen LogP contribution in [0, 0.1) is 10.1 Å². The fraction of sp³-hybridized carbons (Fsp3) is 0.500. The fourth-order valence-corrected chi connectivity index (χ4v) is 1.40. The molecule has 0 aliphatic carbocycles. The first-order valence-electron chi connectivity index (χ1n) is 5.81. The Labute approximate surface area is 115 Å². The molecule has 0 fully saturated rings. The van der Waals surface area contributed by atoms with Crippen LogP contribution in [0.15, 0.2) is 16.5 Å². The summed E-state index contributed by atoms with van der Waals surface area (Å²) in [6, 6.07) is 1.31. The molecule has 0 radical (unpaired) electrons. The van der Waals surface area contributed by atoms with E-state index in [1.807, 2.05) is 0 Å². The zero-order valence-electron chi connectivity index (χ0n) is 11.7. The maximum Gasteiger partial charge on any atom is 0.433 e. The van der Waals surface area contributed by atoms with Crippen molar-refractivity contribution in [1.82, 2.24) is 4.90 Å². The number of carbonyl (C=O) groups is 2. The second-order valence-corrected chi connectivity index (χ2v) is 5.11. The predicted octanol–water partition coefficient (Wildman–Crippen LogP) is 2.29. The molecule has 0 saturated heterocycles. The molecule has 1 atom stereocenters. The maximum atomic E-state index is 11.8. The Morgan fingerprint density at radius 2 is 2.10 bits per heavy atom. The van der Waals surface area contributed by atoms with Gasteiger partial charge in [-0.1, -0.05) is 0 Å². The number of ether oxygens (including phenoxy) is 1. The van der Waals surface area contributed by atoms with Crippen LogP contribution in [0.3, 0.4) is 0 Å². The molecule has 0 saturated carbocycles. The summed E-state index contributed by atoms with van der Waals surface area (Å²) < 4.78 is 10.0. The van der Waals surface area contributed by atoms with E-state index in [1.165, 1.54) is 13.1 Å². The summed E-state index contributed by atoms with van der Waals surface area (Å²) in [7, 11) is 1.35. The second kappa shape index (κ2) is 5.72. The van der Waals surface area contributed by atoms with Crippen LogP contribution in [-0.2, 0) is 9.53 Å². The van der Waals surface area contributed by atoms with Gasteiger partial charge in [0.1, 0.15) is 28.6 Å². The van der Waals surface area contributed by atoms with Crippen molar-refractivity contribution in [3.63, 3.8) is 0 Å². The molecule has 1 aromatic rings. The number of carbonyl (C=O) groups excluding carboxylic acids is 2. The van der Waals surface area contributed by atoms with E-state index in [4.69, 9.17) is 9.15 Å². The Hall–Kier alpha value is -2.38. The zero-order valence-corrected chi connectivity index (χ0v) is 11.7. The molecule has 0 N–H and O–H groups in total. The van der Waals surface area contributed by atoms with Gasteiger partial charge < -0.3 is 13.9 Å². The van der Waals surface area contributed by atoms with Crippen molar-refractivity contribution in [3.05, 3.63) is 28.0 Å².